The molecule has 0 radical (unpaired) electrons. The molecule has 4 nitrogen and oxygen atoms in total. The van der Waals surface area contributed by atoms with Gasteiger partial charge in [-0.15, -0.1) is 0 Å². The van der Waals surface area contributed by atoms with Gasteiger partial charge in [0.2, 0.25) is 0 Å². The van der Waals surface area contributed by atoms with Crippen molar-refractivity contribution >= 4 is 12.2 Å². The summed E-state index contributed by atoms with van der Waals surface area (Å²) in [6.07, 6.45) is 5.16. The van der Waals surface area contributed by atoms with Crippen LogP contribution < -0.4 is 14.2 Å². The van der Waals surface area contributed by atoms with Gasteiger partial charge in [0.25, 0.3) is 0 Å². The van der Waals surface area contributed by atoms with Crippen LogP contribution in [0.4, 0.5) is 0 Å². The van der Waals surface area contributed by atoms with Crippen LogP contribution in [0.2, 0.25) is 0 Å². The summed E-state index contributed by atoms with van der Waals surface area (Å²) in [6.45, 7) is 0.971. The molecule has 0 aromatic heterocycles. The molecule has 0 unspecified atom stereocenters. The predicted molar refractivity (Wildman–Crippen MR) is 104 cm³/mol. The molecule has 0 aliphatic rings. The van der Waals surface area contributed by atoms with Crippen molar-refractivity contribution in [1.82, 2.24) is 4.90 Å². The van der Waals surface area contributed by atoms with Crippen molar-refractivity contribution in [2.45, 2.75) is 6.42 Å². The van der Waals surface area contributed by atoms with Crippen molar-refractivity contribution in [3.63, 3.8) is 0 Å². The Morgan fingerprint density at radius 2 is 1.48 bits per heavy atom. The molecule has 2 aromatic rings. The summed E-state index contributed by atoms with van der Waals surface area (Å²) < 4.78 is 16.1. The maximum Gasteiger partial charge on any atom is 0.161 e. The van der Waals surface area contributed by atoms with Crippen LogP contribution in [0.5, 0.6) is 17.2 Å². The van der Waals surface area contributed by atoms with E-state index >= 15 is 0 Å². The summed E-state index contributed by atoms with van der Waals surface area (Å²) in [5, 5.41) is 0. The minimum absolute atomic E-state index is 0.741. The fourth-order valence-electron chi connectivity index (χ4n) is 2.55. The third-order valence-corrected chi connectivity index (χ3v) is 4.04. The first-order valence-electron chi connectivity index (χ1n) is 8.29. The van der Waals surface area contributed by atoms with Crippen molar-refractivity contribution in [3.05, 3.63) is 53.1 Å². The highest BCUT2D eigenvalue weighted by molar-refractivity contribution is 5.73. The van der Waals surface area contributed by atoms with Gasteiger partial charge in [-0.05, 0) is 61.5 Å². The third kappa shape index (κ3) is 5.26. The van der Waals surface area contributed by atoms with Crippen LogP contribution >= 0.6 is 0 Å². The molecule has 25 heavy (non-hydrogen) atoms. The van der Waals surface area contributed by atoms with Gasteiger partial charge >= 0.3 is 0 Å². The zero-order chi connectivity index (χ0) is 18.2. The van der Waals surface area contributed by atoms with E-state index in [2.05, 4.69) is 37.2 Å². The molecule has 0 amide bonds. The molecule has 0 saturated carbocycles. The number of methoxy groups -OCH3 is 3. The molecule has 0 fully saturated rings. The monoisotopic (exact) mass is 341 g/mol. The number of likely N-dealkylation sites (N-methyl/N-ethyl adjacent to an activating group) is 1. The van der Waals surface area contributed by atoms with Crippen LogP contribution in [0.25, 0.3) is 12.2 Å². The Labute approximate surface area is 150 Å². The molecular formula is C21H27NO3. The summed E-state index contributed by atoms with van der Waals surface area (Å²) in [6, 6.07) is 12.1. The largest absolute Gasteiger partial charge is 0.497 e. The summed E-state index contributed by atoms with van der Waals surface area (Å²) in [4.78, 5) is 2.17. The Morgan fingerprint density at radius 1 is 0.840 bits per heavy atom. The van der Waals surface area contributed by atoms with Crippen LogP contribution in [-0.2, 0) is 6.42 Å². The summed E-state index contributed by atoms with van der Waals surface area (Å²) in [5.41, 5.74) is 3.49. The third-order valence-electron chi connectivity index (χ3n) is 4.04. The standard InChI is InChI=1S/C21H27NO3/c1-22(2)13-12-18-15-21(25-5)20(24-4)14-17(18)9-6-16-7-10-19(23-3)11-8-16/h6-11,14-15H,12-13H2,1-5H3/b9-6+. The molecule has 0 N–H and O–H groups in total. The van der Waals surface area contributed by atoms with E-state index in [4.69, 9.17) is 14.2 Å². The molecule has 134 valence electrons. The number of benzene rings is 2. The maximum atomic E-state index is 5.45. The lowest BCUT2D eigenvalue weighted by atomic mass is 10.0. The van der Waals surface area contributed by atoms with E-state index in [9.17, 15) is 0 Å². The number of hydrogen-bond donors (Lipinski definition) is 0. The Balaban J connectivity index is 2.33. The van der Waals surface area contributed by atoms with E-state index in [0.717, 1.165) is 41.3 Å². The fourth-order valence-corrected chi connectivity index (χ4v) is 2.55. The first kappa shape index (κ1) is 18.9. The van der Waals surface area contributed by atoms with Crippen LogP contribution in [0.1, 0.15) is 16.7 Å². The topological polar surface area (TPSA) is 30.9 Å². The Kier molecular flexibility index (Phi) is 6.90. The second-order valence-electron chi connectivity index (χ2n) is 6.07. The molecule has 2 aromatic carbocycles. The zero-order valence-corrected chi connectivity index (χ0v) is 15.7. The van der Waals surface area contributed by atoms with E-state index in [1.165, 1.54) is 5.56 Å². The first-order chi connectivity index (χ1) is 12.1. The molecule has 0 heterocycles. The number of ether oxygens (including phenoxy) is 3. The van der Waals surface area contributed by atoms with Gasteiger partial charge in [-0.3, -0.25) is 0 Å². The van der Waals surface area contributed by atoms with Gasteiger partial charge in [-0.25, -0.2) is 0 Å². The van der Waals surface area contributed by atoms with Gasteiger partial charge in [0.15, 0.2) is 11.5 Å². The van der Waals surface area contributed by atoms with Crippen LogP contribution in [-0.4, -0.2) is 46.9 Å². The Bertz CT molecular complexity index is 706. The van der Waals surface area contributed by atoms with E-state index in [1.54, 1.807) is 21.3 Å². The minimum atomic E-state index is 0.741. The van der Waals surface area contributed by atoms with E-state index in [-0.39, 0.29) is 0 Å². The van der Waals surface area contributed by atoms with Crippen LogP contribution in [0.3, 0.4) is 0 Å². The maximum absolute atomic E-state index is 5.45. The van der Waals surface area contributed by atoms with Crippen molar-refractivity contribution in [2.24, 2.45) is 0 Å². The lowest BCUT2D eigenvalue weighted by Crippen LogP contribution is -2.15. The van der Waals surface area contributed by atoms with Gasteiger partial charge in [0.1, 0.15) is 5.75 Å². The lowest BCUT2D eigenvalue weighted by molar-refractivity contribution is 0.354. The summed E-state index contributed by atoms with van der Waals surface area (Å²) >= 11 is 0. The average molecular weight is 341 g/mol. The van der Waals surface area contributed by atoms with E-state index < -0.39 is 0 Å². The van der Waals surface area contributed by atoms with Crippen molar-refractivity contribution in [2.75, 3.05) is 42.0 Å². The molecule has 4 heteroatoms. The highest BCUT2D eigenvalue weighted by atomic mass is 16.5. The summed E-state index contributed by atoms with van der Waals surface area (Å²) in [5.74, 6) is 2.36. The second kappa shape index (κ2) is 9.14. The van der Waals surface area contributed by atoms with Crippen LogP contribution in [0, 0.1) is 0 Å². The van der Waals surface area contributed by atoms with Crippen molar-refractivity contribution < 1.29 is 14.2 Å². The SMILES string of the molecule is COc1ccc(/C=C/c2cc(OC)c(OC)cc2CCN(C)C)cc1. The lowest BCUT2D eigenvalue weighted by Gasteiger charge is -2.15. The molecule has 2 rings (SSSR count). The molecule has 0 bridgehead atoms. The smallest absolute Gasteiger partial charge is 0.161 e. The Hall–Kier alpha value is -2.46. The van der Waals surface area contributed by atoms with Crippen molar-refractivity contribution in [1.29, 1.82) is 0 Å². The molecule has 0 aliphatic heterocycles. The molecule has 0 atom stereocenters. The number of rotatable bonds is 8. The van der Waals surface area contributed by atoms with Gasteiger partial charge < -0.3 is 19.1 Å². The predicted octanol–water partition coefficient (Wildman–Crippen LogP) is 3.99. The fraction of sp³-hybridized carbons (Fsp3) is 0.333. The summed E-state index contributed by atoms with van der Waals surface area (Å²) in [7, 11) is 9.15. The van der Waals surface area contributed by atoms with E-state index in [0.29, 0.717) is 0 Å². The normalized spacial score (nSPS) is 11.1. The first-order valence-corrected chi connectivity index (χ1v) is 8.29. The number of nitrogens with zero attached hydrogens (tertiary/aromatic N) is 1. The Morgan fingerprint density at radius 3 is 2.04 bits per heavy atom. The minimum Gasteiger partial charge on any atom is -0.497 e. The van der Waals surface area contributed by atoms with Gasteiger partial charge in [0.05, 0.1) is 21.3 Å². The van der Waals surface area contributed by atoms with Gasteiger partial charge in [-0.1, -0.05) is 24.3 Å². The molecule has 0 aliphatic carbocycles. The highest BCUT2D eigenvalue weighted by Gasteiger charge is 2.10. The average Bonchev–Trinajstić information content (AvgIpc) is 2.64. The second-order valence-corrected chi connectivity index (χ2v) is 6.07. The molecular weight excluding hydrogens is 314 g/mol. The quantitative estimate of drug-likeness (QED) is 0.680. The highest BCUT2D eigenvalue weighted by Crippen LogP contribution is 2.32. The van der Waals surface area contributed by atoms with Crippen molar-refractivity contribution in [3.8, 4) is 17.2 Å². The van der Waals surface area contributed by atoms with Gasteiger partial charge in [0, 0.05) is 6.54 Å². The molecule has 0 saturated heterocycles. The number of hydrogen-bond acceptors (Lipinski definition) is 4. The molecule has 0 spiro atoms. The zero-order valence-electron chi connectivity index (χ0n) is 15.7. The van der Waals surface area contributed by atoms with Gasteiger partial charge in [-0.2, -0.15) is 0 Å². The van der Waals surface area contributed by atoms with E-state index in [1.807, 2.05) is 30.3 Å². The van der Waals surface area contributed by atoms with Crippen LogP contribution in [0.15, 0.2) is 36.4 Å².